The molecule has 0 bridgehead atoms. The quantitative estimate of drug-likeness (QED) is 0.907. The Labute approximate surface area is 145 Å². The first-order valence-electron chi connectivity index (χ1n) is 8.02. The van der Waals surface area contributed by atoms with E-state index in [1.165, 1.54) is 6.20 Å². The van der Waals surface area contributed by atoms with Crippen molar-refractivity contribution in [2.24, 2.45) is 5.92 Å². The number of carboxylic acid groups (broad SMARTS) is 1. The van der Waals surface area contributed by atoms with Gasteiger partial charge in [-0.2, -0.15) is 0 Å². The van der Waals surface area contributed by atoms with Crippen molar-refractivity contribution in [2.75, 3.05) is 32.1 Å². The summed E-state index contributed by atoms with van der Waals surface area (Å²) in [6, 6.07) is 7.11. The van der Waals surface area contributed by atoms with Crippen LogP contribution in [0.2, 0.25) is 0 Å². The van der Waals surface area contributed by atoms with Crippen molar-refractivity contribution < 1.29 is 14.7 Å². The average molecular weight is 340 g/mol. The molecule has 3 heterocycles. The average Bonchev–Trinajstić information content (AvgIpc) is 3.07. The molecule has 1 N–H and O–H groups in total. The summed E-state index contributed by atoms with van der Waals surface area (Å²) in [6.45, 7) is 0.561. The van der Waals surface area contributed by atoms with Gasteiger partial charge in [-0.25, -0.2) is 4.98 Å². The molecule has 1 fully saturated rings. The van der Waals surface area contributed by atoms with Gasteiger partial charge >= 0.3 is 5.97 Å². The molecule has 0 radical (unpaired) electrons. The molecule has 0 aromatic carbocycles. The lowest BCUT2D eigenvalue weighted by Crippen LogP contribution is -2.30. The van der Waals surface area contributed by atoms with Gasteiger partial charge in [0.1, 0.15) is 5.82 Å². The molecule has 3 rings (SSSR count). The Balaban J connectivity index is 1.81. The van der Waals surface area contributed by atoms with E-state index in [1.807, 2.05) is 31.1 Å². The van der Waals surface area contributed by atoms with Crippen molar-refractivity contribution in [3.8, 4) is 0 Å². The molecule has 0 saturated carbocycles. The monoisotopic (exact) mass is 340 g/mol. The Hall–Kier alpha value is -2.96. The summed E-state index contributed by atoms with van der Waals surface area (Å²) < 4.78 is 0. The third kappa shape index (κ3) is 3.45. The van der Waals surface area contributed by atoms with Crippen molar-refractivity contribution in [3.63, 3.8) is 0 Å². The molecule has 0 unspecified atom stereocenters. The van der Waals surface area contributed by atoms with E-state index in [4.69, 9.17) is 0 Å². The second-order valence-electron chi connectivity index (χ2n) is 6.34. The van der Waals surface area contributed by atoms with Gasteiger partial charge in [-0.05, 0) is 29.8 Å². The third-order valence-corrected chi connectivity index (χ3v) is 4.51. The first-order valence-corrected chi connectivity index (χ1v) is 8.02. The number of likely N-dealkylation sites (tertiary alicyclic amines) is 1. The normalized spacial score (nSPS) is 19.7. The Morgan fingerprint density at radius 1 is 1.16 bits per heavy atom. The van der Waals surface area contributed by atoms with Gasteiger partial charge in [-0.15, -0.1) is 0 Å². The lowest BCUT2D eigenvalue weighted by atomic mass is 9.90. The number of hydrogen-bond donors (Lipinski definition) is 1. The second-order valence-corrected chi connectivity index (χ2v) is 6.34. The van der Waals surface area contributed by atoms with Crippen LogP contribution >= 0.6 is 0 Å². The molecule has 1 saturated heterocycles. The van der Waals surface area contributed by atoms with Gasteiger partial charge in [0.2, 0.25) is 0 Å². The fourth-order valence-corrected chi connectivity index (χ4v) is 3.13. The van der Waals surface area contributed by atoms with Gasteiger partial charge in [0.15, 0.2) is 0 Å². The van der Waals surface area contributed by atoms with Crippen molar-refractivity contribution in [1.82, 2.24) is 14.9 Å². The van der Waals surface area contributed by atoms with Crippen molar-refractivity contribution in [3.05, 3.63) is 54.0 Å². The van der Waals surface area contributed by atoms with Crippen LogP contribution in [0.25, 0.3) is 0 Å². The summed E-state index contributed by atoms with van der Waals surface area (Å²) in [6.07, 6.45) is 4.82. The van der Waals surface area contributed by atoms with E-state index in [0.717, 1.165) is 11.4 Å². The summed E-state index contributed by atoms with van der Waals surface area (Å²) in [4.78, 5) is 36.0. The van der Waals surface area contributed by atoms with Gasteiger partial charge < -0.3 is 14.9 Å². The summed E-state index contributed by atoms with van der Waals surface area (Å²) in [7, 11) is 3.75. The third-order valence-electron chi connectivity index (χ3n) is 4.51. The molecule has 130 valence electrons. The van der Waals surface area contributed by atoms with E-state index in [-0.39, 0.29) is 18.4 Å². The minimum atomic E-state index is -0.891. The molecule has 0 spiro atoms. The van der Waals surface area contributed by atoms with E-state index in [2.05, 4.69) is 9.97 Å². The van der Waals surface area contributed by atoms with Gasteiger partial charge in [0.25, 0.3) is 5.91 Å². The number of aliphatic carboxylic acids is 1. The maximum atomic E-state index is 12.7. The van der Waals surface area contributed by atoms with Crippen LogP contribution in [-0.2, 0) is 4.79 Å². The highest BCUT2D eigenvalue weighted by molar-refractivity contribution is 5.95. The summed E-state index contributed by atoms with van der Waals surface area (Å²) >= 11 is 0. The largest absolute Gasteiger partial charge is 0.481 e. The standard InChI is InChI=1S/C18H20N4O3/c1-21(2)16-4-3-13(9-20-16)17(23)22-10-14(15(11-22)18(24)25)12-5-7-19-8-6-12/h3-9,14-15H,10-11H2,1-2H3,(H,24,25)/t14-,15+/m1/s1. The van der Waals surface area contributed by atoms with E-state index in [1.54, 1.807) is 29.4 Å². The fourth-order valence-electron chi connectivity index (χ4n) is 3.13. The summed E-state index contributed by atoms with van der Waals surface area (Å²) in [5, 5.41) is 9.54. The number of pyridine rings is 2. The number of hydrogen-bond acceptors (Lipinski definition) is 5. The minimum absolute atomic E-state index is 0.191. The number of carboxylic acids is 1. The predicted octanol–water partition coefficient (Wildman–Crippen LogP) is 1.48. The number of anilines is 1. The number of amides is 1. The molecule has 1 aliphatic rings. The Bertz CT molecular complexity index is 762. The highest BCUT2D eigenvalue weighted by Gasteiger charge is 2.40. The van der Waals surface area contributed by atoms with Crippen LogP contribution in [0.4, 0.5) is 5.82 Å². The van der Waals surface area contributed by atoms with Crippen LogP contribution in [0.15, 0.2) is 42.9 Å². The molecule has 2 aromatic rings. The molecule has 7 nitrogen and oxygen atoms in total. The van der Waals surface area contributed by atoms with E-state index in [0.29, 0.717) is 12.1 Å². The van der Waals surface area contributed by atoms with Crippen LogP contribution in [0, 0.1) is 5.92 Å². The van der Waals surface area contributed by atoms with E-state index in [9.17, 15) is 14.7 Å². The summed E-state index contributed by atoms with van der Waals surface area (Å²) in [5.74, 6) is -1.19. The first-order chi connectivity index (χ1) is 12.0. The first kappa shape index (κ1) is 16.9. The molecule has 7 heteroatoms. The highest BCUT2D eigenvalue weighted by atomic mass is 16.4. The van der Waals surface area contributed by atoms with Crippen LogP contribution in [0.5, 0.6) is 0 Å². The number of carbonyl (C=O) groups excluding carboxylic acids is 1. The zero-order chi connectivity index (χ0) is 18.0. The number of carbonyl (C=O) groups is 2. The SMILES string of the molecule is CN(C)c1ccc(C(=O)N2C[C@H](C(=O)O)[C@@H](c3ccncc3)C2)cn1. The van der Waals surface area contributed by atoms with Gasteiger partial charge in [0.05, 0.1) is 11.5 Å². The van der Waals surface area contributed by atoms with Crippen molar-refractivity contribution in [2.45, 2.75) is 5.92 Å². The smallest absolute Gasteiger partial charge is 0.308 e. The zero-order valence-corrected chi connectivity index (χ0v) is 14.2. The number of aromatic nitrogens is 2. The molecule has 25 heavy (non-hydrogen) atoms. The number of rotatable bonds is 4. The molecule has 0 aliphatic carbocycles. The molecule has 1 aliphatic heterocycles. The number of nitrogens with zero attached hydrogens (tertiary/aromatic N) is 4. The molecule has 2 aromatic heterocycles. The van der Waals surface area contributed by atoms with Crippen LogP contribution in [-0.4, -0.2) is 59.0 Å². The molecule has 1 amide bonds. The lowest BCUT2D eigenvalue weighted by molar-refractivity contribution is -0.141. The van der Waals surface area contributed by atoms with Crippen molar-refractivity contribution in [1.29, 1.82) is 0 Å². The highest BCUT2D eigenvalue weighted by Crippen LogP contribution is 2.33. The van der Waals surface area contributed by atoms with Crippen molar-refractivity contribution >= 4 is 17.7 Å². The fraction of sp³-hybridized carbons (Fsp3) is 0.333. The zero-order valence-electron chi connectivity index (χ0n) is 14.2. The molecule has 2 atom stereocenters. The predicted molar refractivity (Wildman–Crippen MR) is 92.6 cm³/mol. The van der Waals surface area contributed by atoms with Gasteiger partial charge in [0, 0.05) is 51.7 Å². The Morgan fingerprint density at radius 2 is 1.88 bits per heavy atom. The molecular formula is C18H20N4O3. The maximum absolute atomic E-state index is 12.7. The summed E-state index contributed by atoms with van der Waals surface area (Å²) in [5.41, 5.74) is 1.35. The van der Waals surface area contributed by atoms with E-state index >= 15 is 0 Å². The van der Waals surface area contributed by atoms with Gasteiger partial charge in [-0.1, -0.05) is 0 Å². The van der Waals surface area contributed by atoms with Crippen LogP contribution in [0.1, 0.15) is 21.8 Å². The Morgan fingerprint density at radius 3 is 2.44 bits per heavy atom. The molecular weight excluding hydrogens is 320 g/mol. The van der Waals surface area contributed by atoms with Crippen LogP contribution in [0.3, 0.4) is 0 Å². The topological polar surface area (TPSA) is 86.6 Å². The second kappa shape index (κ2) is 6.88. The van der Waals surface area contributed by atoms with E-state index < -0.39 is 11.9 Å². The van der Waals surface area contributed by atoms with Gasteiger partial charge in [-0.3, -0.25) is 14.6 Å². The maximum Gasteiger partial charge on any atom is 0.308 e. The lowest BCUT2D eigenvalue weighted by Gasteiger charge is -2.17. The van der Waals surface area contributed by atoms with Crippen LogP contribution < -0.4 is 4.90 Å². The minimum Gasteiger partial charge on any atom is -0.481 e. The Kier molecular flexibility index (Phi) is 4.65.